The van der Waals surface area contributed by atoms with E-state index >= 15 is 0 Å². The molecule has 2 atom stereocenters. The number of nitrogens with zero attached hydrogens (tertiary/aromatic N) is 3. The first-order chi connectivity index (χ1) is 10.00. The van der Waals surface area contributed by atoms with E-state index < -0.39 is 0 Å². The maximum Gasteiger partial charge on any atom is 0.182 e. The lowest BCUT2D eigenvalue weighted by Crippen LogP contribution is -2.52. The molecule has 4 nitrogen and oxygen atoms in total. The summed E-state index contributed by atoms with van der Waals surface area (Å²) in [7, 11) is 0. The van der Waals surface area contributed by atoms with Crippen molar-refractivity contribution in [3.05, 3.63) is 41.7 Å². The van der Waals surface area contributed by atoms with Crippen molar-refractivity contribution < 1.29 is 4.74 Å². The van der Waals surface area contributed by atoms with Gasteiger partial charge in [0.05, 0.1) is 11.3 Å². The van der Waals surface area contributed by atoms with Crippen LogP contribution in [-0.2, 0) is 10.3 Å². The first-order valence-electron chi connectivity index (χ1n) is 7.50. The molecule has 108 valence electrons. The van der Waals surface area contributed by atoms with E-state index in [4.69, 9.17) is 9.72 Å². The van der Waals surface area contributed by atoms with Crippen LogP contribution in [0.4, 0.5) is 0 Å². The van der Waals surface area contributed by atoms with Crippen LogP contribution in [0, 0.1) is 0 Å². The Morgan fingerprint density at radius 3 is 2.57 bits per heavy atom. The molecule has 0 N–H and O–H groups in total. The summed E-state index contributed by atoms with van der Waals surface area (Å²) in [6.45, 7) is 6.42. The summed E-state index contributed by atoms with van der Waals surface area (Å²) < 4.78 is 6.29. The van der Waals surface area contributed by atoms with Gasteiger partial charge in [-0.15, -0.1) is 10.2 Å². The molecule has 2 bridgehead atoms. The maximum absolute atomic E-state index is 6.29. The van der Waals surface area contributed by atoms with Gasteiger partial charge in [-0.05, 0) is 33.6 Å². The fraction of sp³-hybridized carbons (Fsp3) is 0.471. The van der Waals surface area contributed by atoms with Gasteiger partial charge in [0.25, 0.3) is 0 Å². The highest BCUT2D eigenvalue weighted by atomic mass is 16.5. The lowest BCUT2D eigenvalue weighted by molar-refractivity contribution is -0.199. The number of hydrogen-bond acceptors (Lipinski definition) is 4. The van der Waals surface area contributed by atoms with Crippen LogP contribution in [0.5, 0.6) is 0 Å². The quantitative estimate of drug-likeness (QED) is 0.803. The number of hydrogen-bond donors (Lipinski definition) is 0. The Morgan fingerprint density at radius 2 is 1.86 bits per heavy atom. The van der Waals surface area contributed by atoms with Crippen molar-refractivity contribution in [3.8, 4) is 11.4 Å². The molecule has 21 heavy (non-hydrogen) atoms. The van der Waals surface area contributed by atoms with Crippen LogP contribution in [0.3, 0.4) is 0 Å². The molecule has 3 aliphatic rings. The van der Waals surface area contributed by atoms with E-state index in [1.54, 1.807) is 0 Å². The van der Waals surface area contributed by atoms with Gasteiger partial charge in [-0.2, -0.15) is 0 Å². The molecule has 1 aromatic carbocycles. The van der Waals surface area contributed by atoms with Gasteiger partial charge in [-0.3, -0.25) is 0 Å². The zero-order chi connectivity index (χ0) is 14.7. The maximum atomic E-state index is 6.29. The van der Waals surface area contributed by atoms with Gasteiger partial charge in [-0.25, -0.2) is 4.98 Å². The van der Waals surface area contributed by atoms with Crippen LogP contribution >= 0.6 is 0 Å². The molecule has 1 saturated heterocycles. The molecule has 2 aliphatic heterocycles. The minimum absolute atomic E-state index is 0.190. The first kappa shape index (κ1) is 12.9. The monoisotopic (exact) mass is 281 g/mol. The highest BCUT2D eigenvalue weighted by Gasteiger charge is 2.54. The standard InChI is InChI=1S/C17H19N3O/c1-16(2)12-9-10-17(3,21-16)14-13(12)18-15(20-19-14)11-7-5-4-6-8-11/h4-8,12H,9-10H2,1-3H3. The number of ether oxygens (including phenoxy) is 1. The lowest BCUT2D eigenvalue weighted by Gasteiger charge is -2.52. The Labute approximate surface area is 124 Å². The van der Waals surface area contributed by atoms with E-state index in [1.807, 2.05) is 30.3 Å². The fourth-order valence-corrected chi connectivity index (χ4v) is 3.77. The van der Waals surface area contributed by atoms with Crippen molar-refractivity contribution in [1.29, 1.82) is 0 Å². The summed E-state index contributed by atoms with van der Waals surface area (Å²) in [5.74, 6) is 1.01. The summed E-state index contributed by atoms with van der Waals surface area (Å²) in [5.41, 5.74) is 2.48. The van der Waals surface area contributed by atoms with Crippen LogP contribution in [0.25, 0.3) is 11.4 Å². The zero-order valence-corrected chi connectivity index (χ0v) is 12.6. The topological polar surface area (TPSA) is 47.9 Å². The van der Waals surface area contributed by atoms with Crippen molar-refractivity contribution >= 4 is 0 Å². The number of aromatic nitrogens is 3. The van der Waals surface area contributed by atoms with Crippen molar-refractivity contribution in [3.63, 3.8) is 0 Å². The van der Waals surface area contributed by atoms with E-state index in [0.29, 0.717) is 11.7 Å². The second-order valence-electron chi connectivity index (χ2n) is 6.76. The van der Waals surface area contributed by atoms with Crippen LogP contribution < -0.4 is 0 Å². The summed E-state index contributed by atoms with van der Waals surface area (Å²) in [6, 6.07) is 10.0. The molecule has 1 fully saturated rings. The average Bonchev–Trinajstić information content (AvgIpc) is 2.46. The van der Waals surface area contributed by atoms with Crippen LogP contribution in [0.1, 0.15) is 50.9 Å². The Hall–Kier alpha value is -1.81. The molecule has 0 spiro atoms. The van der Waals surface area contributed by atoms with E-state index in [0.717, 1.165) is 29.8 Å². The summed E-state index contributed by atoms with van der Waals surface area (Å²) in [5, 5.41) is 8.81. The molecule has 0 radical (unpaired) electrons. The highest BCUT2D eigenvalue weighted by molar-refractivity contribution is 5.54. The molecular weight excluding hydrogens is 262 g/mol. The van der Waals surface area contributed by atoms with Crippen molar-refractivity contribution in [2.24, 2.45) is 0 Å². The Morgan fingerprint density at radius 1 is 1.10 bits per heavy atom. The Kier molecular flexibility index (Phi) is 2.52. The largest absolute Gasteiger partial charge is 0.362 e. The second kappa shape index (κ2) is 4.10. The van der Waals surface area contributed by atoms with Crippen LogP contribution in [0.2, 0.25) is 0 Å². The van der Waals surface area contributed by atoms with Crippen LogP contribution in [-0.4, -0.2) is 20.8 Å². The van der Waals surface area contributed by atoms with E-state index in [9.17, 15) is 0 Å². The smallest absolute Gasteiger partial charge is 0.182 e. The summed E-state index contributed by atoms with van der Waals surface area (Å²) >= 11 is 0. The minimum Gasteiger partial charge on any atom is -0.362 e. The predicted octanol–water partition coefficient (Wildman–Crippen LogP) is 3.44. The summed E-state index contributed by atoms with van der Waals surface area (Å²) in [6.07, 6.45) is 2.10. The van der Waals surface area contributed by atoms with Crippen LogP contribution in [0.15, 0.2) is 30.3 Å². The molecule has 0 amide bonds. The molecule has 1 aromatic heterocycles. The molecule has 2 aromatic rings. The van der Waals surface area contributed by atoms with Crippen molar-refractivity contribution in [1.82, 2.24) is 15.2 Å². The first-order valence-corrected chi connectivity index (χ1v) is 7.50. The summed E-state index contributed by atoms with van der Waals surface area (Å²) in [4.78, 5) is 4.85. The van der Waals surface area contributed by atoms with E-state index in [-0.39, 0.29) is 11.2 Å². The van der Waals surface area contributed by atoms with E-state index in [2.05, 4.69) is 31.0 Å². The molecule has 4 heteroatoms. The normalized spacial score (nSPS) is 29.2. The highest BCUT2D eigenvalue weighted by Crippen LogP contribution is 2.54. The van der Waals surface area contributed by atoms with Gasteiger partial charge in [0.2, 0.25) is 0 Å². The third kappa shape index (κ3) is 1.82. The Bertz CT molecular complexity index is 698. The van der Waals surface area contributed by atoms with Crippen molar-refractivity contribution in [2.45, 2.75) is 50.7 Å². The van der Waals surface area contributed by atoms with Gasteiger partial charge >= 0.3 is 0 Å². The molecule has 2 unspecified atom stereocenters. The number of benzene rings is 1. The fourth-order valence-electron chi connectivity index (χ4n) is 3.77. The molecule has 1 aliphatic carbocycles. The number of rotatable bonds is 1. The minimum atomic E-state index is -0.344. The van der Waals surface area contributed by atoms with Crippen molar-refractivity contribution in [2.75, 3.05) is 0 Å². The van der Waals surface area contributed by atoms with Gasteiger partial charge in [0.15, 0.2) is 5.82 Å². The Balaban J connectivity index is 1.88. The van der Waals surface area contributed by atoms with Gasteiger partial charge < -0.3 is 4.74 Å². The number of fused-ring (bicyclic) bond motifs is 2. The van der Waals surface area contributed by atoms with Gasteiger partial charge in [-0.1, -0.05) is 30.3 Å². The zero-order valence-electron chi connectivity index (χ0n) is 12.6. The molecule has 0 saturated carbocycles. The molecular formula is C17H19N3O. The van der Waals surface area contributed by atoms with Gasteiger partial charge in [0.1, 0.15) is 11.3 Å². The predicted molar refractivity (Wildman–Crippen MR) is 79.8 cm³/mol. The molecule has 5 rings (SSSR count). The second-order valence-corrected chi connectivity index (χ2v) is 6.76. The third-order valence-electron chi connectivity index (χ3n) is 4.81. The molecule has 3 heterocycles. The average molecular weight is 281 g/mol. The van der Waals surface area contributed by atoms with Gasteiger partial charge in [0, 0.05) is 11.5 Å². The third-order valence-corrected chi connectivity index (χ3v) is 4.81. The lowest BCUT2D eigenvalue weighted by atomic mass is 9.69. The SMILES string of the molecule is CC12CCC(c3nc(-c4ccccc4)nnc31)C(C)(C)O2. The van der Waals surface area contributed by atoms with E-state index in [1.165, 1.54) is 0 Å².